The summed E-state index contributed by atoms with van der Waals surface area (Å²) >= 11 is 1.59. The molecule has 0 spiro atoms. The molecule has 1 aromatic carbocycles. The van der Waals surface area contributed by atoms with Gasteiger partial charge in [0.1, 0.15) is 0 Å². The molecule has 5 nitrogen and oxygen atoms in total. The molecule has 0 aliphatic rings. The number of thiazole rings is 1. The number of carbonyl (C=O) groups is 1. The number of rotatable bonds is 7. The second-order valence-electron chi connectivity index (χ2n) is 4.43. The van der Waals surface area contributed by atoms with E-state index in [0.717, 1.165) is 11.4 Å². The highest BCUT2D eigenvalue weighted by Crippen LogP contribution is 2.25. The zero-order valence-corrected chi connectivity index (χ0v) is 12.9. The van der Waals surface area contributed by atoms with E-state index >= 15 is 0 Å². The minimum atomic E-state index is -0.0718. The molecule has 1 heterocycles. The number of nitrogens with zero attached hydrogens (tertiary/aromatic N) is 2. The number of hydrogen-bond donors (Lipinski definition) is 0. The van der Waals surface area contributed by atoms with Gasteiger partial charge in [0.05, 0.1) is 12.1 Å². The molecule has 0 aliphatic heterocycles. The number of benzene rings is 1. The Morgan fingerprint density at radius 1 is 1.33 bits per heavy atom. The Kier molecular flexibility index (Phi) is 5.57. The molecule has 0 saturated carbocycles. The number of hydrogen-bond acceptors (Lipinski definition) is 5. The second kappa shape index (κ2) is 7.64. The van der Waals surface area contributed by atoms with E-state index in [1.54, 1.807) is 48.7 Å². The highest BCUT2D eigenvalue weighted by Gasteiger charge is 2.11. The van der Waals surface area contributed by atoms with Crippen LogP contribution in [0.1, 0.15) is 5.01 Å². The molecule has 2 rings (SSSR count). The summed E-state index contributed by atoms with van der Waals surface area (Å²) < 4.78 is 10.7. The summed E-state index contributed by atoms with van der Waals surface area (Å²) in [4.78, 5) is 17.9. The first kappa shape index (κ1) is 15.3. The highest BCUT2D eigenvalue weighted by molar-refractivity contribution is 7.09. The minimum Gasteiger partial charge on any atom is -0.493 e. The Morgan fingerprint density at radius 2 is 2.10 bits per heavy atom. The van der Waals surface area contributed by atoms with Gasteiger partial charge < -0.3 is 14.4 Å². The predicted molar refractivity (Wildman–Crippen MR) is 81.9 cm³/mol. The van der Waals surface area contributed by atoms with Crippen molar-refractivity contribution in [3.8, 4) is 11.5 Å². The summed E-state index contributed by atoms with van der Waals surface area (Å²) in [6.07, 6.45) is 2.53. The van der Waals surface area contributed by atoms with Gasteiger partial charge in [0.2, 0.25) is 0 Å². The molecule has 0 bridgehead atoms. The Balaban J connectivity index is 1.80. The first-order valence-corrected chi connectivity index (χ1v) is 7.47. The van der Waals surface area contributed by atoms with Crippen LogP contribution in [0.15, 0.2) is 35.8 Å². The van der Waals surface area contributed by atoms with Crippen molar-refractivity contribution in [1.82, 2.24) is 9.88 Å². The van der Waals surface area contributed by atoms with E-state index in [2.05, 4.69) is 4.98 Å². The molecule has 1 aromatic heterocycles. The van der Waals surface area contributed by atoms with Crippen molar-refractivity contribution < 1.29 is 14.3 Å². The van der Waals surface area contributed by atoms with Gasteiger partial charge in [0.15, 0.2) is 18.1 Å². The molecule has 112 valence electrons. The van der Waals surface area contributed by atoms with Crippen molar-refractivity contribution in [2.75, 3.05) is 27.3 Å². The lowest BCUT2D eigenvalue weighted by atomic mass is 10.3. The van der Waals surface area contributed by atoms with Crippen LogP contribution in [0.3, 0.4) is 0 Å². The van der Waals surface area contributed by atoms with Gasteiger partial charge in [-0.2, -0.15) is 0 Å². The second-order valence-corrected chi connectivity index (χ2v) is 5.41. The number of para-hydroxylation sites is 2. The van der Waals surface area contributed by atoms with Crippen molar-refractivity contribution in [3.05, 3.63) is 40.8 Å². The van der Waals surface area contributed by atoms with Crippen molar-refractivity contribution in [1.29, 1.82) is 0 Å². The predicted octanol–water partition coefficient (Wildman–Crippen LogP) is 2.23. The smallest absolute Gasteiger partial charge is 0.260 e. The molecule has 6 heteroatoms. The topological polar surface area (TPSA) is 51.7 Å². The number of methoxy groups -OCH3 is 1. The standard InChI is InChI=1S/C15H18N2O3S/c1-17(9-7-14-16-8-10-21-14)15(18)11-20-13-6-4-3-5-12(13)19-2/h3-6,8,10H,7,9,11H2,1-2H3. The quantitative estimate of drug-likeness (QED) is 0.787. The molecule has 0 saturated heterocycles. The Labute approximate surface area is 128 Å². The molecular weight excluding hydrogens is 288 g/mol. The molecule has 0 fully saturated rings. The summed E-state index contributed by atoms with van der Waals surface area (Å²) in [5, 5.41) is 2.96. The fourth-order valence-corrected chi connectivity index (χ4v) is 2.36. The van der Waals surface area contributed by atoms with Gasteiger partial charge in [-0.3, -0.25) is 4.79 Å². The molecule has 21 heavy (non-hydrogen) atoms. The monoisotopic (exact) mass is 306 g/mol. The lowest BCUT2D eigenvalue weighted by molar-refractivity contribution is -0.132. The van der Waals surface area contributed by atoms with E-state index in [4.69, 9.17) is 9.47 Å². The van der Waals surface area contributed by atoms with Gasteiger partial charge in [-0.25, -0.2) is 4.98 Å². The Bertz CT molecular complexity index is 572. The third-order valence-electron chi connectivity index (χ3n) is 2.99. The minimum absolute atomic E-state index is 0.00522. The van der Waals surface area contributed by atoms with Gasteiger partial charge in [-0.1, -0.05) is 12.1 Å². The van der Waals surface area contributed by atoms with Crippen LogP contribution in [0.4, 0.5) is 0 Å². The van der Waals surface area contributed by atoms with Crippen LogP contribution in [-0.4, -0.2) is 43.1 Å². The summed E-state index contributed by atoms with van der Waals surface area (Å²) in [5.74, 6) is 1.12. The zero-order valence-electron chi connectivity index (χ0n) is 12.1. The van der Waals surface area contributed by atoms with Gasteiger partial charge >= 0.3 is 0 Å². The summed E-state index contributed by atoms with van der Waals surface area (Å²) in [5.41, 5.74) is 0. The van der Waals surface area contributed by atoms with E-state index < -0.39 is 0 Å². The molecule has 0 aliphatic carbocycles. The average Bonchev–Trinajstić information content (AvgIpc) is 3.03. The summed E-state index contributed by atoms with van der Waals surface area (Å²) in [7, 11) is 3.34. The maximum atomic E-state index is 12.0. The Morgan fingerprint density at radius 3 is 2.76 bits per heavy atom. The number of likely N-dealkylation sites (N-methyl/N-ethyl adjacent to an activating group) is 1. The SMILES string of the molecule is COc1ccccc1OCC(=O)N(C)CCc1nccs1. The molecule has 2 aromatic rings. The van der Waals surface area contributed by atoms with Crippen LogP contribution in [0.5, 0.6) is 11.5 Å². The summed E-state index contributed by atoms with van der Waals surface area (Å²) in [6.45, 7) is 0.621. The van der Waals surface area contributed by atoms with Crippen LogP contribution in [0.2, 0.25) is 0 Å². The maximum absolute atomic E-state index is 12.0. The zero-order chi connectivity index (χ0) is 15.1. The first-order chi connectivity index (χ1) is 10.2. The van der Waals surface area contributed by atoms with Crippen molar-refractivity contribution in [2.45, 2.75) is 6.42 Å². The third-order valence-corrected chi connectivity index (χ3v) is 3.83. The average molecular weight is 306 g/mol. The number of amides is 1. The van der Waals surface area contributed by atoms with E-state index in [-0.39, 0.29) is 12.5 Å². The van der Waals surface area contributed by atoms with E-state index in [1.807, 2.05) is 17.5 Å². The van der Waals surface area contributed by atoms with Crippen LogP contribution in [0, 0.1) is 0 Å². The van der Waals surface area contributed by atoms with Crippen molar-refractivity contribution in [2.24, 2.45) is 0 Å². The van der Waals surface area contributed by atoms with Crippen LogP contribution in [0.25, 0.3) is 0 Å². The highest BCUT2D eigenvalue weighted by atomic mass is 32.1. The molecule has 0 radical (unpaired) electrons. The molecule has 0 unspecified atom stereocenters. The van der Waals surface area contributed by atoms with E-state index in [0.29, 0.717) is 18.0 Å². The van der Waals surface area contributed by atoms with E-state index in [9.17, 15) is 4.79 Å². The first-order valence-electron chi connectivity index (χ1n) is 6.59. The fourth-order valence-electron chi connectivity index (χ4n) is 1.75. The molecular formula is C15H18N2O3S. The van der Waals surface area contributed by atoms with Crippen LogP contribution in [-0.2, 0) is 11.2 Å². The van der Waals surface area contributed by atoms with Crippen LogP contribution >= 0.6 is 11.3 Å². The van der Waals surface area contributed by atoms with Crippen LogP contribution < -0.4 is 9.47 Å². The van der Waals surface area contributed by atoms with Gasteiger partial charge in [-0.15, -0.1) is 11.3 Å². The molecule has 0 atom stereocenters. The lowest BCUT2D eigenvalue weighted by Crippen LogP contribution is -2.33. The normalized spacial score (nSPS) is 10.2. The molecule has 1 amide bonds. The number of carbonyl (C=O) groups excluding carboxylic acids is 1. The number of ether oxygens (including phenoxy) is 2. The number of aromatic nitrogens is 1. The van der Waals surface area contributed by atoms with Gasteiger partial charge in [0.25, 0.3) is 5.91 Å². The van der Waals surface area contributed by atoms with Crippen molar-refractivity contribution in [3.63, 3.8) is 0 Å². The van der Waals surface area contributed by atoms with Crippen molar-refractivity contribution >= 4 is 17.2 Å². The molecule has 0 N–H and O–H groups in total. The fraction of sp³-hybridized carbons (Fsp3) is 0.333. The third kappa shape index (κ3) is 4.46. The lowest BCUT2D eigenvalue weighted by Gasteiger charge is -2.17. The Hall–Kier alpha value is -2.08. The van der Waals surface area contributed by atoms with Gasteiger partial charge in [-0.05, 0) is 12.1 Å². The summed E-state index contributed by atoms with van der Waals surface area (Å²) in [6, 6.07) is 7.27. The van der Waals surface area contributed by atoms with Gasteiger partial charge in [0, 0.05) is 31.6 Å². The maximum Gasteiger partial charge on any atom is 0.260 e. The largest absolute Gasteiger partial charge is 0.493 e. The van der Waals surface area contributed by atoms with E-state index in [1.165, 1.54) is 0 Å².